The van der Waals surface area contributed by atoms with Gasteiger partial charge in [-0.3, -0.25) is 4.79 Å². The number of rotatable bonds is 2. The van der Waals surface area contributed by atoms with Crippen molar-refractivity contribution in [1.82, 2.24) is 4.90 Å². The first-order chi connectivity index (χ1) is 10.1. The number of nitrogens with zero attached hydrogens (tertiary/aromatic N) is 1. The van der Waals surface area contributed by atoms with E-state index in [9.17, 15) is 13.6 Å². The molecule has 0 bridgehead atoms. The zero-order valence-corrected chi connectivity index (χ0v) is 11.6. The number of piperidine rings is 1. The first kappa shape index (κ1) is 14.4. The van der Waals surface area contributed by atoms with Crippen LogP contribution in [0.2, 0.25) is 0 Å². The third kappa shape index (κ3) is 3.06. The molecule has 114 valence electrons. The number of carbonyl (C=O) groups is 1. The molecule has 2 aliphatic heterocycles. The molecule has 1 atom stereocenters. The van der Waals surface area contributed by atoms with Gasteiger partial charge in [-0.25, -0.2) is 8.78 Å². The first-order valence-corrected chi connectivity index (χ1v) is 7.15. The van der Waals surface area contributed by atoms with Crippen molar-refractivity contribution in [2.24, 2.45) is 0 Å². The molecule has 1 aromatic carbocycles. The Labute approximate surface area is 121 Å². The van der Waals surface area contributed by atoms with Gasteiger partial charge < -0.3 is 14.4 Å². The molecule has 0 aliphatic carbocycles. The van der Waals surface area contributed by atoms with Crippen molar-refractivity contribution >= 4 is 5.91 Å². The van der Waals surface area contributed by atoms with Crippen molar-refractivity contribution in [2.75, 3.05) is 19.8 Å². The number of ether oxygens (including phenoxy) is 2. The molecular weight excluding hydrogens is 280 g/mol. The van der Waals surface area contributed by atoms with Gasteiger partial charge in [0.05, 0.1) is 19.3 Å². The largest absolute Gasteiger partial charge is 0.348 e. The van der Waals surface area contributed by atoms with E-state index in [0.29, 0.717) is 19.8 Å². The monoisotopic (exact) mass is 297 g/mol. The van der Waals surface area contributed by atoms with Crippen molar-refractivity contribution in [3.8, 4) is 0 Å². The van der Waals surface area contributed by atoms with Gasteiger partial charge >= 0.3 is 0 Å². The van der Waals surface area contributed by atoms with Crippen molar-refractivity contribution < 1.29 is 23.0 Å². The van der Waals surface area contributed by atoms with Gasteiger partial charge in [0.1, 0.15) is 11.6 Å². The molecule has 6 heteroatoms. The topological polar surface area (TPSA) is 38.8 Å². The van der Waals surface area contributed by atoms with Crippen LogP contribution >= 0.6 is 0 Å². The molecule has 2 saturated heterocycles. The summed E-state index contributed by atoms with van der Waals surface area (Å²) >= 11 is 0. The minimum atomic E-state index is -0.750. The standard InChI is InChI=1S/C15H17F2NO3/c16-11-7-10(8-12(17)9-11)14(19)18-4-2-1-3-13(18)15-20-5-6-21-15/h7-9,13,15H,1-6H2/t13-/m1/s1. The molecule has 0 spiro atoms. The number of hydrogen-bond acceptors (Lipinski definition) is 3. The average molecular weight is 297 g/mol. The molecule has 4 nitrogen and oxygen atoms in total. The molecule has 2 heterocycles. The van der Waals surface area contributed by atoms with E-state index >= 15 is 0 Å². The second-order valence-electron chi connectivity index (χ2n) is 5.33. The number of carbonyl (C=O) groups excluding carboxylic acids is 1. The molecular formula is C15H17F2NO3. The van der Waals surface area contributed by atoms with Crippen LogP contribution in [0.15, 0.2) is 18.2 Å². The van der Waals surface area contributed by atoms with Crippen LogP contribution in [0.3, 0.4) is 0 Å². The molecule has 21 heavy (non-hydrogen) atoms. The van der Waals surface area contributed by atoms with E-state index in [1.54, 1.807) is 4.90 Å². The van der Waals surface area contributed by atoms with Crippen LogP contribution in [-0.2, 0) is 9.47 Å². The van der Waals surface area contributed by atoms with Crippen LogP contribution in [-0.4, -0.2) is 42.9 Å². The second kappa shape index (κ2) is 6.07. The molecule has 3 rings (SSSR count). The van der Waals surface area contributed by atoms with E-state index < -0.39 is 17.9 Å². The lowest BCUT2D eigenvalue weighted by molar-refractivity contribution is -0.100. The van der Waals surface area contributed by atoms with Crippen LogP contribution in [0.5, 0.6) is 0 Å². The number of hydrogen-bond donors (Lipinski definition) is 0. The lowest BCUT2D eigenvalue weighted by atomic mass is 10.00. The third-order valence-electron chi connectivity index (χ3n) is 3.88. The Morgan fingerprint density at radius 2 is 1.76 bits per heavy atom. The summed E-state index contributed by atoms with van der Waals surface area (Å²) in [5.74, 6) is -1.88. The SMILES string of the molecule is O=C(c1cc(F)cc(F)c1)N1CCCC[C@@H]1C1OCCO1. The van der Waals surface area contributed by atoms with Crippen LogP contribution in [0, 0.1) is 11.6 Å². The molecule has 1 amide bonds. The smallest absolute Gasteiger partial charge is 0.254 e. The summed E-state index contributed by atoms with van der Waals surface area (Å²) in [4.78, 5) is 14.2. The predicted octanol–water partition coefficient (Wildman–Crippen LogP) is 2.33. The molecule has 0 N–H and O–H groups in total. The van der Waals surface area contributed by atoms with E-state index in [4.69, 9.17) is 9.47 Å². The highest BCUT2D eigenvalue weighted by Crippen LogP contribution is 2.26. The summed E-state index contributed by atoms with van der Waals surface area (Å²) in [5, 5.41) is 0. The Kier molecular flexibility index (Phi) is 4.17. The lowest BCUT2D eigenvalue weighted by Gasteiger charge is -2.38. The van der Waals surface area contributed by atoms with Gasteiger partial charge in [0.25, 0.3) is 5.91 Å². The Balaban J connectivity index is 1.83. The quantitative estimate of drug-likeness (QED) is 0.841. The average Bonchev–Trinajstić information content (AvgIpc) is 2.99. The van der Waals surface area contributed by atoms with Crippen LogP contribution in [0.25, 0.3) is 0 Å². The fraction of sp³-hybridized carbons (Fsp3) is 0.533. The molecule has 0 saturated carbocycles. The van der Waals surface area contributed by atoms with Gasteiger partial charge in [-0.05, 0) is 31.4 Å². The second-order valence-corrected chi connectivity index (χ2v) is 5.33. The summed E-state index contributed by atoms with van der Waals surface area (Å²) < 4.78 is 37.6. The van der Waals surface area contributed by atoms with Gasteiger partial charge in [-0.2, -0.15) is 0 Å². The van der Waals surface area contributed by atoms with E-state index in [-0.39, 0.29) is 17.5 Å². The van der Waals surface area contributed by atoms with Gasteiger partial charge in [-0.1, -0.05) is 0 Å². The molecule has 2 aliphatic rings. The van der Waals surface area contributed by atoms with E-state index in [2.05, 4.69) is 0 Å². The molecule has 2 fully saturated rings. The normalized spacial score (nSPS) is 23.5. The predicted molar refractivity (Wildman–Crippen MR) is 70.7 cm³/mol. The maximum absolute atomic E-state index is 13.3. The zero-order valence-electron chi connectivity index (χ0n) is 11.6. The number of amides is 1. The highest BCUT2D eigenvalue weighted by molar-refractivity contribution is 5.94. The molecule has 0 unspecified atom stereocenters. The van der Waals surface area contributed by atoms with E-state index in [0.717, 1.165) is 37.5 Å². The van der Waals surface area contributed by atoms with Crippen molar-refractivity contribution in [1.29, 1.82) is 0 Å². The van der Waals surface area contributed by atoms with Crippen molar-refractivity contribution in [3.63, 3.8) is 0 Å². The number of likely N-dealkylation sites (tertiary alicyclic amines) is 1. The first-order valence-electron chi connectivity index (χ1n) is 7.15. The summed E-state index contributed by atoms with van der Waals surface area (Å²) in [6, 6.07) is 2.69. The molecule has 0 aromatic heterocycles. The van der Waals surface area contributed by atoms with Gasteiger partial charge in [-0.15, -0.1) is 0 Å². The third-order valence-corrected chi connectivity index (χ3v) is 3.88. The summed E-state index contributed by atoms with van der Waals surface area (Å²) in [6.07, 6.45) is 2.18. The Morgan fingerprint density at radius 1 is 1.10 bits per heavy atom. The summed E-state index contributed by atoms with van der Waals surface area (Å²) in [5.41, 5.74) is 0.0254. The fourth-order valence-corrected chi connectivity index (χ4v) is 2.93. The Hall–Kier alpha value is -1.53. The van der Waals surface area contributed by atoms with Crippen molar-refractivity contribution in [2.45, 2.75) is 31.6 Å². The Bertz CT molecular complexity index is 511. The van der Waals surface area contributed by atoms with Gasteiger partial charge in [0.2, 0.25) is 0 Å². The number of halogens is 2. The summed E-state index contributed by atoms with van der Waals surface area (Å²) in [7, 11) is 0. The lowest BCUT2D eigenvalue weighted by Crippen LogP contribution is -2.50. The van der Waals surface area contributed by atoms with E-state index in [1.807, 2.05) is 0 Å². The minimum Gasteiger partial charge on any atom is -0.348 e. The van der Waals surface area contributed by atoms with Gasteiger partial charge in [0.15, 0.2) is 6.29 Å². The fourth-order valence-electron chi connectivity index (χ4n) is 2.93. The molecule has 1 aromatic rings. The van der Waals surface area contributed by atoms with E-state index in [1.165, 1.54) is 0 Å². The Morgan fingerprint density at radius 3 is 2.43 bits per heavy atom. The summed E-state index contributed by atoms with van der Waals surface area (Å²) in [6.45, 7) is 1.57. The zero-order chi connectivity index (χ0) is 14.8. The van der Waals surface area contributed by atoms with Gasteiger partial charge in [0, 0.05) is 18.2 Å². The molecule has 0 radical (unpaired) electrons. The minimum absolute atomic E-state index is 0.0254. The maximum Gasteiger partial charge on any atom is 0.254 e. The van der Waals surface area contributed by atoms with Crippen molar-refractivity contribution in [3.05, 3.63) is 35.4 Å². The van der Waals surface area contributed by atoms with Crippen LogP contribution in [0.1, 0.15) is 29.6 Å². The highest BCUT2D eigenvalue weighted by Gasteiger charge is 2.36. The highest BCUT2D eigenvalue weighted by atomic mass is 19.1. The van der Waals surface area contributed by atoms with Crippen LogP contribution < -0.4 is 0 Å². The van der Waals surface area contributed by atoms with Crippen LogP contribution in [0.4, 0.5) is 8.78 Å². The maximum atomic E-state index is 13.3. The number of benzene rings is 1.